The predicted molar refractivity (Wildman–Crippen MR) is 99.1 cm³/mol. The largest absolute Gasteiger partial charge is 0.483 e. The average Bonchev–Trinajstić information content (AvgIpc) is 2.53. The van der Waals surface area contributed by atoms with Gasteiger partial charge in [-0.3, -0.25) is 4.79 Å². The molecule has 1 aromatic carbocycles. The van der Waals surface area contributed by atoms with Crippen LogP contribution in [0.1, 0.15) is 44.7 Å². The van der Waals surface area contributed by atoms with E-state index in [0.717, 1.165) is 29.4 Å². The second-order valence-electron chi connectivity index (χ2n) is 7.04. The third kappa shape index (κ3) is 5.08. The van der Waals surface area contributed by atoms with E-state index < -0.39 is 0 Å². The molecule has 1 amide bonds. The van der Waals surface area contributed by atoms with E-state index in [9.17, 15) is 9.59 Å². The van der Waals surface area contributed by atoms with E-state index in [1.807, 2.05) is 26.8 Å². The van der Waals surface area contributed by atoms with Crippen molar-refractivity contribution in [2.75, 3.05) is 6.61 Å². The van der Waals surface area contributed by atoms with Crippen molar-refractivity contribution in [3.63, 3.8) is 0 Å². The van der Waals surface area contributed by atoms with Gasteiger partial charge in [0.25, 0.3) is 5.91 Å². The van der Waals surface area contributed by atoms with Crippen LogP contribution in [0.3, 0.4) is 0 Å². The molecule has 0 spiro atoms. The molecule has 0 unspecified atom stereocenters. The lowest BCUT2D eigenvalue weighted by Crippen LogP contribution is -2.36. The van der Waals surface area contributed by atoms with E-state index in [0.29, 0.717) is 17.3 Å². The van der Waals surface area contributed by atoms with E-state index in [-0.39, 0.29) is 24.2 Å². The number of carbonyl (C=O) groups is 1. The van der Waals surface area contributed by atoms with Crippen LogP contribution in [0.15, 0.2) is 27.4 Å². The summed E-state index contributed by atoms with van der Waals surface area (Å²) in [6, 6.07) is 5.24. The highest BCUT2D eigenvalue weighted by molar-refractivity contribution is 5.85. The molecule has 0 fully saturated rings. The molecule has 5 heteroatoms. The highest BCUT2D eigenvalue weighted by Gasteiger charge is 2.13. The first-order chi connectivity index (χ1) is 11.8. The Bertz CT molecular complexity index is 807. The second kappa shape index (κ2) is 8.19. The Morgan fingerprint density at radius 2 is 1.92 bits per heavy atom. The molecule has 0 aliphatic heterocycles. The van der Waals surface area contributed by atoms with Gasteiger partial charge in [0.15, 0.2) is 6.61 Å². The third-order valence-corrected chi connectivity index (χ3v) is 4.26. The number of aryl methyl sites for hydroxylation is 2. The van der Waals surface area contributed by atoms with Crippen LogP contribution in [0.25, 0.3) is 11.0 Å². The zero-order chi connectivity index (χ0) is 18.6. The van der Waals surface area contributed by atoms with Crippen molar-refractivity contribution >= 4 is 16.9 Å². The number of hydrogen-bond acceptors (Lipinski definition) is 4. The minimum Gasteiger partial charge on any atom is -0.483 e. The molecule has 0 saturated carbocycles. The summed E-state index contributed by atoms with van der Waals surface area (Å²) in [5.41, 5.74) is 1.70. The molecule has 1 heterocycles. The summed E-state index contributed by atoms with van der Waals surface area (Å²) in [4.78, 5) is 23.6. The van der Waals surface area contributed by atoms with Crippen molar-refractivity contribution in [3.8, 4) is 5.75 Å². The summed E-state index contributed by atoms with van der Waals surface area (Å²) in [6.07, 6.45) is 2.02. The minimum atomic E-state index is -0.387. The van der Waals surface area contributed by atoms with Gasteiger partial charge >= 0.3 is 5.63 Å². The van der Waals surface area contributed by atoms with Crippen LogP contribution >= 0.6 is 0 Å². The number of fused-ring (bicyclic) bond motifs is 1. The van der Waals surface area contributed by atoms with Gasteiger partial charge in [-0.25, -0.2) is 4.79 Å². The average molecular weight is 345 g/mol. The monoisotopic (exact) mass is 345 g/mol. The lowest BCUT2D eigenvalue weighted by atomic mass is 10.0. The van der Waals surface area contributed by atoms with Crippen LogP contribution in [0.2, 0.25) is 0 Å². The summed E-state index contributed by atoms with van der Waals surface area (Å²) in [6.45, 7) is 9.96. The first-order valence-electron chi connectivity index (χ1n) is 8.74. The fourth-order valence-electron chi connectivity index (χ4n) is 2.77. The Hall–Kier alpha value is -2.30. The molecule has 136 valence electrons. The number of carbonyl (C=O) groups excluding carboxylic acids is 1. The van der Waals surface area contributed by atoms with Crippen molar-refractivity contribution in [3.05, 3.63) is 39.7 Å². The van der Waals surface area contributed by atoms with Gasteiger partial charge in [0, 0.05) is 23.1 Å². The maximum atomic E-state index is 12.0. The van der Waals surface area contributed by atoms with E-state index in [1.54, 1.807) is 6.07 Å². The van der Waals surface area contributed by atoms with Gasteiger partial charge in [0.1, 0.15) is 11.3 Å². The van der Waals surface area contributed by atoms with Crippen LogP contribution in [0, 0.1) is 19.8 Å². The number of rotatable bonds is 7. The highest BCUT2D eigenvalue weighted by Crippen LogP contribution is 2.28. The Morgan fingerprint density at radius 1 is 1.20 bits per heavy atom. The Labute approximate surface area is 148 Å². The van der Waals surface area contributed by atoms with Crippen LogP contribution in [0.5, 0.6) is 5.75 Å². The van der Waals surface area contributed by atoms with Crippen molar-refractivity contribution in [2.24, 2.45) is 5.92 Å². The molecule has 0 saturated heterocycles. The maximum absolute atomic E-state index is 12.0. The van der Waals surface area contributed by atoms with Crippen molar-refractivity contribution in [2.45, 2.75) is 53.5 Å². The molecule has 1 aromatic heterocycles. The van der Waals surface area contributed by atoms with Gasteiger partial charge in [0.05, 0.1) is 0 Å². The zero-order valence-electron chi connectivity index (χ0n) is 15.6. The minimum absolute atomic E-state index is 0.0611. The first kappa shape index (κ1) is 19.0. The van der Waals surface area contributed by atoms with Crippen molar-refractivity contribution in [1.29, 1.82) is 0 Å². The highest BCUT2D eigenvalue weighted by atomic mass is 16.5. The Morgan fingerprint density at radius 3 is 2.60 bits per heavy atom. The Kier molecular flexibility index (Phi) is 6.23. The van der Waals surface area contributed by atoms with Crippen LogP contribution < -0.4 is 15.7 Å². The van der Waals surface area contributed by atoms with Gasteiger partial charge in [-0.15, -0.1) is 0 Å². The van der Waals surface area contributed by atoms with E-state index in [4.69, 9.17) is 9.15 Å². The molecule has 1 atom stereocenters. The van der Waals surface area contributed by atoms with Crippen LogP contribution in [-0.4, -0.2) is 18.6 Å². The van der Waals surface area contributed by atoms with Gasteiger partial charge in [-0.05, 0) is 57.2 Å². The van der Waals surface area contributed by atoms with E-state index in [1.165, 1.54) is 6.07 Å². The third-order valence-electron chi connectivity index (χ3n) is 4.26. The SMILES string of the molecule is Cc1cc(=O)oc2c(C)c(OCC(=O)N[C@H](C)CCC(C)C)ccc12. The molecule has 0 bridgehead atoms. The molecule has 1 N–H and O–H groups in total. The normalized spacial score (nSPS) is 12.4. The van der Waals surface area contributed by atoms with Crippen molar-refractivity contribution < 1.29 is 13.9 Å². The lowest BCUT2D eigenvalue weighted by Gasteiger charge is -2.16. The number of ether oxygens (including phenoxy) is 1. The fourth-order valence-corrected chi connectivity index (χ4v) is 2.77. The molecular formula is C20H27NO4. The summed E-state index contributed by atoms with van der Waals surface area (Å²) in [5.74, 6) is 1.02. The number of amides is 1. The molecule has 0 aliphatic rings. The number of hydrogen-bond donors (Lipinski definition) is 1. The summed E-state index contributed by atoms with van der Waals surface area (Å²) >= 11 is 0. The van der Waals surface area contributed by atoms with Crippen molar-refractivity contribution in [1.82, 2.24) is 5.32 Å². The first-order valence-corrected chi connectivity index (χ1v) is 8.74. The van der Waals surface area contributed by atoms with Gasteiger partial charge in [0.2, 0.25) is 0 Å². The van der Waals surface area contributed by atoms with E-state index >= 15 is 0 Å². The number of benzene rings is 1. The van der Waals surface area contributed by atoms with Gasteiger partial charge in [-0.2, -0.15) is 0 Å². The predicted octanol–water partition coefficient (Wildman–Crippen LogP) is 3.73. The van der Waals surface area contributed by atoms with Crippen LogP contribution in [0.4, 0.5) is 0 Å². The van der Waals surface area contributed by atoms with Gasteiger partial charge in [-0.1, -0.05) is 13.8 Å². The van der Waals surface area contributed by atoms with Gasteiger partial charge < -0.3 is 14.5 Å². The lowest BCUT2D eigenvalue weighted by molar-refractivity contribution is -0.123. The van der Waals surface area contributed by atoms with E-state index in [2.05, 4.69) is 19.2 Å². The summed E-state index contributed by atoms with van der Waals surface area (Å²) < 4.78 is 10.9. The number of nitrogens with one attached hydrogen (secondary N) is 1. The molecule has 2 aromatic rings. The topological polar surface area (TPSA) is 68.5 Å². The molecule has 25 heavy (non-hydrogen) atoms. The molecular weight excluding hydrogens is 318 g/mol. The van der Waals surface area contributed by atoms with Crippen LogP contribution in [-0.2, 0) is 4.79 Å². The smallest absolute Gasteiger partial charge is 0.336 e. The summed E-state index contributed by atoms with van der Waals surface area (Å²) in [5, 5.41) is 3.81. The standard InChI is InChI=1S/C20H27NO4/c1-12(2)6-7-14(4)21-18(22)11-24-17-9-8-16-13(3)10-19(23)25-20(16)15(17)5/h8-10,12,14H,6-7,11H2,1-5H3,(H,21,22)/t14-/m1/s1. The Balaban J connectivity index is 2.02. The molecule has 5 nitrogen and oxygen atoms in total. The molecule has 0 radical (unpaired) electrons. The second-order valence-corrected chi connectivity index (χ2v) is 7.04. The summed E-state index contributed by atoms with van der Waals surface area (Å²) in [7, 11) is 0. The maximum Gasteiger partial charge on any atom is 0.336 e. The molecule has 2 rings (SSSR count). The fraction of sp³-hybridized carbons (Fsp3) is 0.500. The zero-order valence-corrected chi connectivity index (χ0v) is 15.6. The molecule has 0 aliphatic carbocycles. The quantitative estimate of drug-likeness (QED) is 0.776.